The molecule has 0 bridgehead atoms. The van der Waals surface area contributed by atoms with E-state index < -0.39 is 0 Å². The van der Waals surface area contributed by atoms with Crippen molar-refractivity contribution < 1.29 is 4.74 Å². The minimum atomic E-state index is -0.0791. The van der Waals surface area contributed by atoms with Gasteiger partial charge in [0.2, 0.25) is 0 Å². The number of ether oxygens (including phenoxy) is 1. The van der Waals surface area contributed by atoms with Crippen LogP contribution in [0.15, 0.2) is 48.5 Å². The molecule has 0 aliphatic heterocycles. The maximum atomic E-state index is 5.90. The fraction of sp³-hybridized carbons (Fsp3) is 0.200. The molecule has 1 nitrogen and oxygen atoms in total. The third-order valence-electron chi connectivity index (χ3n) is 2.68. The van der Waals surface area contributed by atoms with Gasteiger partial charge in [0, 0.05) is 16.7 Å². The zero-order chi connectivity index (χ0) is 13.0. The van der Waals surface area contributed by atoms with Crippen molar-refractivity contribution >= 4 is 23.2 Å². The van der Waals surface area contributed by atoms with Crippen LogP contribution in [0, 0.1) is 0 Å². The van der Waals surface area contributed by atoms with Crippen LogP contribution in [0.4, 0.5) is 0 Å². The summed E-state index contributed by atoms with van der Waals surface area (Å²) in [4.78, 5) is 0. The van der Waals surface area contributed by atoms with Crippen LogP contribution < -0.4 is 0 Å². The van der Waals surface area contributed by atoms with Crippen LogP contribution >= 0.6 is 23.2 Å². The topological polar surface area (TPSA) is 9.23 Å². The second-order valence-electron chi connectivity index (χ2n) is 3.94. The smallest absolute Gasteiger partial charge is 0.108 e. The summed E-state index contributed by atoms with van der Waals surface area (Å²) in [6.07, 6.45) is -0.0791. The minimum absolute atomic E-state index is 0.0791. The van der Waals surface area contributed by atoms with E-state index in [2.05, 4.69) is 0 Å². The summed E-state index contributed by atoms with van der Waals surface area (Å²) in [5.41, 5.74) is 2.17. The quantitative estimate of drug-likeness (QED) is 0.755. The van der Waals surface area contributed by atoms with E-state index in [4.69, 9.17) is 27.9 Å². The highest BCUT2D eigenvalue weighted by atomic mass is 35.5. The van der Waals surface area contributed by atoms with Gasteiger partial charge in [-0.2, -0.15) is 0 Å². The molecule has 0 radical (unpaired) electrons. The Hall–Kier alpha value is -1.02. The largest absolute Gasteiger partial charge is 0.369 e. The van der Waals surface area contributed by atoms with Gasteiger partial charge in [0.15, 0.2) is 0 Å². The highest BCUT2D eigenvalue weighted by molar-refractivity contribution is 6.30. The molecule has 2 aromatic carbocycles. The van der Waals surface area contributed by atoms with Crippen LogP contribution in [0.3, 0.4) is 0 Å². The Labute approximate surface area is 117 Å². The van der Waals surface area contributed by atoms with E-state index >= 15 is 0 Å². The molecule has 94 valence electrons. The van der Waals surface area contributed by atoms with Crippen LogP contribution in [0.5, 0.6) is 0 Å². The van der Waals surface area contributed by atoms with Crippen LogP contribution in [0.25, 0.3) is 0 Å². The van der Waals surface area contributed by atoms with Gasteiger partial charge in [0.25, 0.3) is 0 Å². The van der Waals surface area contributed by atoms with Crippen molar-refractivity contribution in [2.75, 3.05) is 6.61 Å². The van der Waals surface area contributed by atoms with E-state index in [0.717, 1.165) is 21.2 Å². The molecule has 3 heteroatoms. The first kappa shape index (κ1) is 13.4. The average molecular weight is 281 g/mol. The van der Waals surface area contributed by atoms with Crippen molar-refractivity contribution in [1.29, 1.82) is 0 Å². The summed E-state index contributed by atoms with van der Waals surface area (Å²) in [5.74, 6) is 0. The van der Waals surface area contributed by atoms with E-state index in [9.17, 15) is 0 Å². The standard InChI is InChI=1S/C15H14Cl2O/c1-2-18-15(11-3-7-13(16)8-4-11)12-5-9-14(17)10-6-12/h3-10,15H,2H2,1H3. The van der Waals surface area contributed by atoms with Gasteiger partial charge in [-0.15, -0.1) is 0 Å². The molecule has 0 spiro atoms. The van der Waals surface area contributed by atoms with Crippen molar-refractivity contribution in [2.24, 2.45) is 0 Å². The van der Waals surface area contributed by atoms with Gasteiger partial charge < -0.3 is 4.74 Å². The van der Waals surface area contributed by atoms with E-state index in [1.807, 2.05) is 55.5 Å². The lowest BCUT2D eigenvalue weighted by Gasteiger charge is -2.18. The molecule has 0 amide bonds. The Morgan fingerprint density at radius 3 is 1.56 bits per heavy atom. The van der Waals surface area contributed by atoms with Crippen LogP contribution in [-0.4, -0.2) is 6.61 Å². The van der Waals surface area contributed by atoms with E-state index in [1.165, 1.54) is 0 Å². The summed E-state index contributed by atoms with van der Waals surface area (Å²) < 4.78 is 5.81. The van der Waals surface area contributed by atoms with Crippen molar-refractivity contribution in [3.8, 4) is 0 Å². The molecule has 2 aromatic rings. The van der Waals surface area contributed by atoms with Gasteiger partial charge in [0.05, 0.1) is 0 Å². The van der Waals surface area contributed by atoms with Crippen molar-refractivity contribution in [3.05, 3.63) is 69.7 Å². The lowest BCUT2D eigenvalue weighted by molar-refractivity contribution is 0.0913. The van der Waals surface area contributed by atoms with Gasteiger partial charge in [-0.1, -0.05) is 47.5 Å². The van der Waals surface area contributed by atoms with E-state index in [0.29, 0.717) is 6.61 Å². The SMILES string of the molecule is CCOC(c1ccc(Cl)cc1)c1ccc(Cl)cc1. The lowest BCUT2D eigenvalue weighted by Crippen LogP contribution is -2.05. The molecule has 2 rings (SSSR count). The Morgan fingerprint density at radius 1 is 0.833 bits per heavy atom. The van der Waals surface area contributed by atoms with Crippen molar-refractivity contribution in [2.45, 2.75) is 13.0 Å². The normalized spacial score (nSPS) is 10.9. The first-order chi connectivity index (χ1) is 8.70. The molecule has 0 aliphatic carbocycles. The molecule has 18 heavy (non-hydrogen) atoms. The van der Waals surface area contributed by atoms with Gasteiger partial charge in [-0.25, -0.2) is 0 Å². The van der Waals surface area contributed by atoms with Crippen LogP contribution in [-0.2, 0) is 4.74 Å². The van der Waals surface area contributed by atoms with Gasteiger partial charge in [-0.05, 0) is 42.3 Å². The molecule has 0 saturated heterocycles. The highest BCUT2D eigenvalue weighted by Gasteiger charge is 2.13. The Balaban J connectivity index is 2.33. The monoisotopic (exact) mass is 280 g/mol. The summed E-state index contributed by atoms with van der Waals surface area (Å²) in [6, 6.07) is 15.4. The van der Waals surface area contributed by atoms with Crippen molar-refractivity contribution in [3.63, 3.8) is 0 Å². The molecule has 0 aromatic heterocycles. The Kier molecular flexibility index (Phi) is 4.65. The maximum Gasteiger partial charge on any atom is 0.108 e. The molecule has 0 heterocycles. The summed E-state index contributed by atoms with van der Waals surface area (Å²) in [7, 11) is 0. The number of rotatable bonds is 4. The average Bonchev–Trinajstić information content (AvgIpc) is 2.39. The molecule has 0 unspecified atom stereocenters. The predicted molar refractivity (Wildman–Crippen MR) is 76.4 cm³/mol. The third-order valence-corrected chi connectivity index (χ3v) is 3.18. The Bertz CT molecular complexity index is 445. The molecular formula is C15H14Cl2O. The zero-order valence-electron chi connectivity index (χ0n) is 10.1. The van der Waals surface area contributed by atoms with E-state index in [-0.39, 0.29) is 6.10 Å². The van der Waals surface area contributed by atoms with Crippen molar-refractivity contribution in [1.82, 2.24) is 0 Å². The second kappa shape index (κ2) is 6.24. The molecule has 0 atom stereocenters. The number of hydrogen-bond donors (Lipinski definition) is 0. The maximum absolute atomic E-state index is 5.90. The second-order valence-corrected chi connectivity index (χ2v) is 4.81. The Morgan fingerprint density at radius 2 is 1.22 bits per heavy atom. The lowest BCUT2D eigenvalue weighted by atomic mass is 10.0. The predicted octanol–water partition coefficient (Wildman–Crippen LogP) is 5.12. The highest BCUT2D eigenvalue weighted by Crippen LogP contribution is 2.27. The summed E-state index contributed by atoms with van der Waals surface area (Å²) in [6.45, 7) is 2.63. The van der Waals surface area contributed by atoms with Crippen LogP contribution in [0.2, 0.25) is 10.0 Å². The summed E-state index contributed by atoms with van der Waals surface area (Å²) >= 11 is 11.8. The van der Waals surface area contributed by atoms with Crippen LogP contribution in [0.1, 0.15) is 24.2 Å². The van der Waals surface area contributed by atoms with Gasteiger partial charge >= 0.3 is 0 Å². The number of benzene rings is 2. The minimum Gasteiger partial charge on any atom is -0.369 e. The molecule has 0 aliphatic rings. The molecular weight excluding hydrogens is 267 g/mol. The molecule has 0 saturated carbocycles. The first-order valence-corrected chi connectivity index (χ1v) is 6.59. The fourth-order valence-electron chi connectivity index (χ4n) is 1.83. The number of halogens is 2. The number of hydrogen-bond acceptors (Lipinski definition) is 1. The van der Waals surface area contributed by atoms with Gasteiger partial charge in [0.1, 0.15) is 6.10 Å². The van der Waals surface area contributed by atoms with Gasteiger partial charge in [-0.3, -0.25) is 0 Å². The zero-order valence-corrected chi connectivity index (χ0v) is 11.6. The first-order valence-electron chi connectivity index (χ1n) is 5.83. The molecule has 0 N–H and O–H groups in total. The fourth-order valence-corrected chi connectivity index (χ4v) is 2.08. The molecule has 0 fully saturated rings. The third kappa shape index (κ3) is 3.26. The summed E-state index contributed by atoms with van der Waals surface area (Å²) in [5, 5.41) is 1.45. The van der Waals surface area contributed by atoms with E-state index in [1.54, 1.807) is 0 Å².